The minimum Gasteiger partial charge on any atom is -0.352 e. The maximum absolute atomic E-state index is 12.3. The lowest BCUT2D eigenvalue weighted by Gasteiger charge is -2.20. The fourth-order valence-corrected chi connectivity index (χ4v) is 3.27. The third-order valence-corrected chi connectivity index (χ3v) is 9.92. The molecule has 0 aliphatic heterocycles. The van der Waals surface area contributed by atoms with Gasteiger partial charge in [0.1, 0.15) is 0 Å². The van der Waals surface area contributed by atoms with E-state index in [0.29, 0.717) is 0 Å². The van der Waals surface area contributed by atoms with Gasteiger partial charge in [0.15, 0.2) is 0 Å². The van der Waals surface area contributed by atoms with Crippen molar-refractivity contribution in [3.63, 3.8) is 0 Å². The van der Waals surface area contributed by atoms with Gasteiger partial charge >= 0.3 is 0 Å². The first-order chi connectivity index (χ1) is 8.34. The standard InChI is InChI=1S/C14H28INOSi/c1-6-8-10-12(13(15)18(3,4)5)14(17)16-11-9-7-2/h6-11H2,1-5H3,(H,16,17)/b13-12+. The van der Waals surface area contributed by atoms with E-state index in [1.54, 1.807) is 0 Å². The van der Waals surface area contributed by atoms with E-state index >= 15 is 0 Å². The van der Waals surface area contributed by atoms with Crippen LogP contribution in [0.25, 0.3) is 0 Å². The third kappa shape index (κ3) is 6.92. The molecule has 0 saturated heterocycles. The summed E-state index contributed by atoms with van der Waals surface area (Å²) in [5, 5.41) is 3.07. The Balaban J connectivity index is 4.82. The second kappa shape index (κ2) is 9.12. The van der Waals surface area contributed by atoms with Crippen LogP contribution in [0.15, 0.2) is 8.78 Å². The second-order valence-electron chi connectivity index (χ2n) is 5.76. The fourth-order valence-electron chi connectivity index (χ4n) is 1.61. The predicted octanol–water partition coefficient (Wildman–Crippen LogP) is 4.66. The maximum Gasteiger partial charge on any atom is 0.247 e. The molecule has 0 bridgehead atoms. The van der Waals surface area contributed by atoms with Crippen molar-refractivity contribution in [1.29, 1.82) is 0 Å². The highest BCUT2D eigenvalue weighted by Gasteiger charge is 2.24. The Morgan fingerprint density at radius 3 is 2.11 bits per heavy atom. The van der Waals surface area contributed by atoms with E-state index in [1.807, 2.05) is 0 Å². The minimum absolute atomic E-state index is 0.170. The van der Waals surface area contributed by atoms with Crippen molar-refractivity contribution in [3.05, 3.63) is 8.78 Å². The van der Waals surface area contributed by atoms with E-state index in [-0.39, 0.29) is 5.91 Å². The normalized spacial score (nSPS) is 13.2. The van der Waals surface area contributed by atoms with Gasteiger partial charge in [0, 0.05) is 12.1 Å². The van der Waals surface area contributed by atoms with Gasteiger partial charge in [-0.3, -0.25) is 4.79 Å². The summed E-state index contributed by atoms with van der Waals surface area (Å²) in [6.07, 6.45) is 5.36. The summed E-state index contributed by atoms with van der Waals surface area (Å²) in [6.45, 7) is 12.0. The van der Waals surface area contributed by atoms with E-state index in [1.165, 1.54) is 3.20 Å². The van der Waals surface area contributed by atoms with Crippen LogP contribution >= 0.6 is 22.6 Å². The van der Waals surface area contributed by atoms with Gasteiger partial charge < -0.3 is 5.32 Å². The summed E-state index contributed by atoms with van der Waals surface area (Å²) >= 11 is 2.41. The molecule has 2 nitrogen and oxygen atoms in total. The Morgan fingerprint density at radius 1 is 1.11 bits per heavy atom. The predicted molar refractivity (Wildman–Crippen MR) is 91.8 cm³/mol. The van der Waals surface area contributed by atoms with Crippen molar-refractivity contribution < 1.29 is 4.79 Å². The number of hydrogen-bond donors (Lipinski definition) is 1. The molecule has 0 aliphatic carbocycles. The number of hydrogen-bond acceptors (Lipinski definition) is 1. The number of halogens is 1. The van der Waals surface area contributed by atoms with Crippen molar-refractivity contribution in [2.75, 3.05) is 6.54 Å². The lowest BCUT2D eigenvalue weighted by atomic mass is 10.1. The highest BCUT2D eigenvalue weighted by atomic mass is 127. The van der Waals surface area contributed by atoms with Gasteiger partial charge in [-0.1, -0.05) is 68.9 Å². The van der Waals surface area contributed by atoms with Crippen molar-refractivity contribution in [2.45, 2.75) is 65.6 Å². The van der Waals surface area contributed by atoms with Crippen LogP contribution in [0, 0.1) is 0 Å². The Labute approximate surface area is 127 Å². The molecular formula is C14H28INOSi. The third-order valence-electron chi connectivity index (χ3n) is 2.79. The molecule has 0 spiro atoms. The summed E-state index contributed by atoms with van der Waals surface area (Å²) in [5.74, 6) is 0.170. The molecule has 0 fully saturated rings. The van der Waals surface area contributed by atoms with Gasteiger partial charge in [-0.15, -0.1) is 0 Å². The molecule has 0 aliphatic rings. The van der Waals surface area contributed by atoms with E-state index in [9.17, 15) is 4.79 Å². The highest BCUT2D eigenvalue weighted by molar-refractivity contribution is 14.1. The van der Waals surface area contributed by atoms with Gasteiger partial charge in [-0.2, -0.15) is 0 Å². The molecule has 0 aromatic heterocycles. The molecule has 0 saturated carbocycles. The quantitative estimate of drug-likeness (QED) is 0.282. The van der Waals surface area contributed by atoms with Crippen molar-refractivity contribution in [1.82, 2.24) is 5.32 Å². The van der Waals surface area contributed by atoms with Gasteiger partial charge in [0.2, 0.25) is 5.91 Å². The van der Waals surface area contributed by atoms with E-state index in [0.717, 1.165) is 44.2 Å². The van der Waals surface area contributed by atoms with Crippen LogP contribution in [-0.4, -0.2) is 20.5 Å². The molecule has 0 rings (SSSR count). The highest BCUT2D eigenvalue weighted by Crippen LogP contribution is 2.28. The molecule has 18 heavy (non-hydrogen) atoms. The van der Waals surface area contributed by atoms with Crippen LogP contribution in [-0.2, 0) is 4.79 Å². The summed E-state index contributed by atoms with van der Waals surface area (Å²) in [6, 6.07) is 0. The first-order valence-electron chi connectivity index (χ1n) is 7.01. The molecular weight excluding hydrogens is 353 g/mol. The monoisotopic (exact) mass is 381 g/mol. The van der Waals surface area contributed by atoms with Gasteiger partial charge in [-0.25, -0.2) is 0 Å². The zero-order valence-corrected chi connectivity index (χ0v) is 15.7. The van der Waals surface area contributed by atoms with E-state index in [2.05, 4.69) is 61.4 Å². The van der Waals surface area contributed by atoms with Crippen LogP contribution < -0.4 is 5.32 Å². The Hall–Kier alpha value is 0.157. The Kier molecular flexibility index (Phi) is 9.20. The summed E-state index contributed by atoms with van der Waals surface area (Å²) in [7, 11) is -1.38. The summed E-state index contributed by atoms with van der Waals surface area (Å²) < 4.78 is 1.34. The smallest absolute Gasteiger partial charge is 0.247 e. The average Bonchev–Trinajstić information content (AvgIpc) is 2.28. The van der Waals surface area contributed by atoms with Crippen LogP contribution in [0.4, 0.5) is 0 Å². The molecule has 0 radical (unpaired) electrons. The maximum atomic E-state index is 12.3. The van der Waals surface area contributed by atoms with E-state index in [4.69, 9.17) is 0 Å². The lowest BCUT2D eigenvalue weighted by molar-refractivity contribution is -0.117. The molecule has 1 amide bonds. The van der Waals surface area contributed by atoms with Gasteiger partial charge in [0.05, 0.1) is 8.07 Å². The number of carbonyl (C=O) groups excluding carboxylic acids is 1. The molecule has 4 heteroatoms. The average molecular weight is 381 g/mol. The summed E-state index contributed by atoms with van der Waals surface area (Å²) in [4.78, 5) is 12.3. The Bertz CT molecular complexity index is 295. The SMILES string of the molecule is CCCCNC(=O)/C(CCCC)=C(\I)[Si](C)(C)C. The first kappa shape index (κ1) is 18.2. The van der Waals surface area contributed by atoms with Gasteiger partial charge in [0.25, 0.3) is 0 Å². The molecule has 106 valence electrons. The van der Waals surface area contributed by atoms with Crippen molar-refractivity contribution in [3.8, 4) is 0 Å². The number of amides is 1. The number of unbranched alkanes of at least 4 members (excludes halogenated alkanes) is 2. The van der Waals surface area contributed by atoms with Crippen LogP contribution in [0.2, 0.25) is 19.6 Å². The lowest BCUT2D eigenvalue weighted by Crippen LogP contribution is -2.30. The van der Waals surface area contributed by atoms with Crippen molar-refractivity contribution >= 4 is 36.6 Å². The first-order valence-corrected chi connectivity index (χ1v) is 11.6. The van der Waals surface area contributed by atoms with Crippen LogP contribution in [0.3, 0.4) is 0 Å². The zero-order valence-electron chi connectivity index (χ0n) is 12.5. The molecule has 0 atom stereocenters. The molecule has 0 unspecified atom stereocenters. The van der Waals surface area contributed by atoms with Crippen molar-refractivity contribution in [2.24, 2.45) is 0 Å². The van der Waals surface area contributed by atoms with E-state index < -0.39 is 8.07 Å². The minimum atomic E-state index is -1.38. The second-order valence-corrected chi connectivity index (χ2v) is 12.9. The number of rotatable bonds is 8. The topological polar surface area (TPSA) is 29.1 Å². The van der Waals surface area contributed by atoms with Gasteiger partial charge in [-0.05, 0) is 22.5 Å². The largest absolute Gasteiger partial charge is 0.352 e. The number of nitrogens with one attached hydrogen (secondary N) is 1. The summed E-state index contributed by atoms with van der Waals surface area (Å²) in [5.41, 5.74) is 1.05. The number of carbonyl (C=O) groups is 1. The molecule has 1 N–H and O–H groups in total. The molecule has 0 aromatic rings. The zero-order chi connectivity index (χ0) is 14.2. The molecule has 0 heterocycles. The Morgan fingerprint density at radius 2 is 1.67 bits per heavy atom. The van der Waals surface area contributed by atoms with Crippen LogP contribution in [0.1, 0.15) is 46.0 Å². The molecule has 0 aromatic carbocycles. The fraction of sp³-hybridized carbons (Fsp3) is 0.786. The van der Waals surface area contributed by atoms with Crippen LogP contribution in [0.5, 0.6) is 0 Å².